The molecular formula is C21H21N3O3. The molecule has 0 bridgehead atoms. The molecule has 0 aliphatic carbocycles. The van der Waals surface area contributed by atoms with Crippen molar-refractivity contribution >= 4 is 5.91 Å². The van der Waals surface area contributed by atoms with Crippen LogP contribution in [0.4, 0.5) is 0 Å². The quantitative estimate of drug-likeness (QED) is 0.730. The summed E-state index contributed by atoms with van der Waals surface area (Å²) in [4.78, 5) is 21.8. The Bertz CT molecular complexity index is 920. The predicted octanol–water partition coefficient (Wildman–Crippen LogP) is 3.22. The average Bonchev–Trinajstić information content (AvgIpc) is 3.34. The summed E-state index contributed by atoms with van der Waals surface area (Å²) >= 11 is 0. The number of ether oxygens (including phenoxy) is 2. The lowest BCUT2D eigenvalue weighted by atomic mass is 10.1. The van der Waals surface area contributed by atoms with Crippen LogP contribution in [-0.4, -0.2) is 27.6 Å². The topological polar surface area (TPSA) is 67.5 Å². The Morgan fingerprint density at radius 2 is 1.81 bits per heavy atom. The molecule has 1 aromatic heterocycles. The summed E-state index contributed by atoms with van der Waals surface area (Å²) in [6.07, 6.45) is 3.56. The molecule has 27 heavy (non-hydrogen) atoms. The van der Waals surface area contributed by atoms with E-state index in [1.165, 1.54) is 5.56 Å². The van der Waals surface area contributed by atoms with E-state index in [1.807, 2.05) is 23.1 Å². The van der Waals surface area contributed by atoms with Crippen LogP contribution < -0.4 is 9.47 Å². The molecule has 0 spiro atoms. The van der Waals surface area contributed by atoms with Crippen LogP contribution in [0.1, 0.15) is 22.4 Å². The molecule has 1 N–H and O–H groups in total. The van der Waals surface area contributed by atoms with Crippen molar-refractivity contribution in [3.05, 3.63) is 77.4 Å². The van der Waals surface area contributed by atoms with Gasteiger partial charge in [-0.15, -0.1) is 0 Å². The minimum atomic E-state index is 0.0393. The zero-order valence-corrected chi connectivity index (χ0v) is 15.1. The second kappa shape index (κ2) is 7.53. The van der Waals surface area contributed by atoms with Gasteiger partial charge in [-0.3, -0.25) is 4.79 Å². The summed E-state index contributed by atoms with van der Waals surface area (Å²) in [5, 5.41) is 0. The second-order valence-electron chi connectivity index (χ2n) is 6.68. The number of nitrogens with one attached hydrogen (secondary N) is 1. The first kappa shape index (κ1) is 17.1. The molecule has 0 saturated heterocycles. The minimum Gasteiger partial charge on any atom is -0.454 e. The molecule has 0 saturated carbocycles. The number of hydrogen-bond donors (Lipinski definition) is 1. The van der Waals surface area contributed by atoms with Gasteiger partial charge < -0.3 is 19.4 Å². The van der Waals surface area contributed by atoms with E-state index >= 15 is 0 Å². The van der Waals surface area contributed by atoms with Crippen molar-refractivity contribution in [1.82, 2.24) is 14.9 Å². The van der Waals surface area contributed by atoms with Gasteiger partial charge in [0.25, 0.3) is 0 Å². The molecule has 3 aromatic rings. The molecule has 0 atom stereocenters. The number of imidazole rings is 1. The Morgan fingerprint density at radius 1 is 1.07 bits per heavy atom. The number of aryl methyl sites for hydroxylation is 1. The number of benzene rings is 2. The van der Waals surface area contributed by atoms with Gasteiger partial charge in [-0.2, -0.15) is 0 Å². The van der Waals surface area contributed by atoms with Crippen molar-refractivity contribution in [1.29, 1.82) is 0 Å². The lowest BCUT2D eigenvalue weighted by Gasteiger charge is -2.23. The maximum absolute atomic E-state index is 12.9. The van der Waals surface area contributed by atoms with Crippen molar-refractivity contribution in [3.8, 4) is 11.5 Å². The summed E-state index contributed by atoms with van der Waals surface area (Å²) in [5.41, 5.74) is 4.10. The van der Waals surface area contributed by atoms with E-state index < -0.39 is 0 Å². The van der Waals surface area contributed by atoms with E-state index in [4.69, 9.17) is 9.47 Å². The van der Waals surface area contributed by atoms with Crippen LogP contribution >= 0.6 is 0 Å². The predicted molar refractivity (Wildman–Crippen MR) is 100 cm³/mol. The SMILES string of the molecule is Cc1ccc(CN(Cc2ccc3c(c2)OCO3)C(=O)Cc2cnc[nH]2)cc1. The van der Waals surface area contributed by atoms with E-state index in [2.05, 4.69) is 41.2 Å². The number of carbonyl (C=O) groups is 1. The largest absolute Gasteiger partial charge is 0.454 e. The van der Waals surface area contributed by atoms with Crippen molar-refractivity contribution in [2.24, 2.45) is 0 Å². The number of nitrogens with zero attached hydrogens (tertiary/aromatic N) is 2. The first-order chi connectivity index (χ1) is 13.2. The fourth-order valence-electron chi connectivity index (χ4n) is 3.06. The zero-order valence-electron chi connectivity index (χ0n) is 15.1. The number of aromatic nitrogens is 2. The average molecular weight is 363 g/mol. The molecule has 1 aliphatic heterocycles. The van der Waals surface area contributed by atoms with Crippen LogP contribution in [0.25, 0.3) is 0 Å². The van der Waals surface area contributed by atoms with Crippen molar-refractivity contribution in [2.75, 3.05) is 6.79 Å². The molecule has 6 heteroatoms. The monoisotopic (exact) mass is 363 g/mol. The lowest BCUT2D eigenvalue weighted by molar-refractivity contribution is -0.131. The number of H-pyrrole nitrogens is 1. The van der Waals surface area contributed by atoms with Crippen LogP contribution in [0, 0.1) is 6.92 Å². The smallest absolute Gasteiger partial charge is 0.231 e. The Kier molecular flexibility index (Phi) is 4.78. The van der Waals surface area contributed by atoms with E-state index in [1.54, 1.807) is 12.5 Å². The summed E-state index contributed by atoms with van der Waals surface area (Å²) in [6, 6.07) is 14.0. The first-order valence-electron chi connectivity index (χ1n) is 8.86. The molecule has 1 amide bonds. The van der Waals surface area contributed by atoms with E-state index in [0.717, 1.165) is 28.3 Å². The van der Waals surface area contributed by atoms with Gasteiger partial charge in [0.1, 0.15) is 0 Å². The normalized spacial score (nSPS) is 12.2. The van der Waals surface area contributed by atoms with Crippen LogP contribution in [0.15, 0.2) is 55.0 Å². The maximum atomic E-state index is 12.9. The van der Waals surface area contributed by atoms with Crippen molar-refractivity contribution < 1.29 is 14.3 Å². The van der Waals surface area contributed by atoms with Gasteiger partial charge in [0.05, 0.1) is 12.7 Å². The number of fused-ring (bicyclic) bond motifs is 1. The number of carbonyl (C=O) groups excluding carboxylic acids is 1. The minimum absolute atomic E-state index is 0.0393. The summed E-state index contributed by atoms with van der Waals surface area (Å²) in [7, 11) is 0. The maximum Gasteiger partial charge on any atom is 0.231 e. The van der Waals surface area contributed by atoms with Gasteiger partial charge in [-0.25, -0.2) is 4.98 Å². The zero-order chi connectivity index (χ0) is 18.6. The highest BCUT2D eigenvalue weighted by Crippen LogP contribution is 2.33. The number of amides is 1. The molecular weight excluding hydrogens is 342 g/mol. The first-order valence-corrected chi connectivity index (χ1v) is 8.86. The molecule has 2 aromatic carbocycles. The van der Waals surface area contributed by atoms with Gasteiger partial charge in [0.2, 0.25) is 12.7 Å². The van der Waals surface area contributed by atoms with Crippen LogP contribution in [0.5, 0.6) is 11.5 Å². The van der Waals surface area contributed by atoms with Crippen molar-refractivity contribution in [3.63, 3.8) is 0 Å². The number of rotatable bonds is 6. The highest BCUT2D eigenvalue weighted by molar-refractivity contribution is 5.78. The van der Waals surface area contributed by atoms with E-state index in [0.29, 0.717) is 13.1 Å². The van der Waals surface area contributed by atoms with E-state index in [9.17, 15) is 4.79 Å². The number of hydrogen-bond acceptors (Lipinski definition) is 4. The Hall–Kier alpha value is -3.28. The second-order valence-corrected chi connectivity index (χ2v) is 6.68. The molecule has 6 nitrogen and oxygen atoms in total. The molecule has 138 valence electrons. The fourth-order valence-corrected chi connectivity index (χ4v) is 3.06. The Labute approximate surface area is 157 Å². The van der Waals surface area contributed by atoms with Gasteiger partial charge in [-0.1, -0.05) is 35.9 Å². The van der Waals surface area contributed by atoms with E-state index in [-0.39, 0.29) is 19.1 Å². The standard InChI is InChI=1S/C21H21N3O3/c1-15-2-4-16(5-3-15)11-24(21(25)9-18-10-22-13-23-18)12-17-6-7-19-20(8-17)27-14-26-19/h2-8,10,13H,9,11-12,14H2,1H3,(H,22,23). The third kappa shape index (κ3) is 4.11. The highest BCUT2D eigenvalue weighted by atomic mass is 16.7. The highest BCUT2D eigenvalue weighted by Gasteiger charge is 2.18. The Morgan fingerprint density at radius 3 is 2.59 bits per heavy atom. The third-order valence-corrected chi connectivity index (χ3v) is 4.55. The molecule has 2 heterocycles. The summed E-state index contributed by atoms with van der Waals surface area (Å²) in [6.45, 7) is 3.33. The third-order valence-electron chi connectivity index (χ3n) is 4.55. The Balaban J connectivity index is 1.54. The van der Waals surface area contributed by atoms with Gasteiger partial charge in [0, 0.05) is 25.0 Å². The van der Waals surface area contributed by atoms with Gasteiger partial charge >= 0.3 is 0 Å². The van der Waals surface area contributed by atoms with Gasteiger partial charge in [0.15, 0.2) is 11.5 Å². The van der Waals surface area contributed by atoms with Crippen molar-refractivity contribution in [2.45, 2.75) is 26.4 Å². The lowest BCUT2D eigenvalue weighted by Crippen LogP contribution is -2.31. The molecule has 1 aliphatic rings. The summed E-state index contributed by atoms with van der Waals surface area (Å²) in [5.74, 6) is 1.51. The fraction of sp³-hybridized carbons (Fsp3) is 0.238. The molecule has 0 unspecified atom stereocenters. The molecule has 0 radical (unpaired) electrons. The van der Waals surface area contributed by atoms with Crippen LogP contribution in [-0.2, 0) is 24.3 Å². The van der Waals surface area contributed by atoms with Crippen LogP contribution in [0.2, 0.25) is 0 Å². The van der Waals surface area contributed by atoms with Crippen LogP contribution in [0.3, 0.4) is 0 Å². The summed E-state index contributed by atoms with van der Waals surface area (Å²) < 4.78 is 10.8. The molecule has 4 rings (SSSR count). The van der Waals surface area contributed by atoms with Gasteiger partial charge in [-0.05, 0) is 30.2 Å². The number of aromatic amines is 1. The molecule has 0 fully saturated rings.